The van der Waals surface area contributed by atoms with Gasteiger partial charge >= 0.3 is 0 Å². The summed E-state index contributed by atoms with van der Waals surface area (Å²) in [5, 5.41) is 79.6. The maximum Gasteiger partial charge on any atom is 0.229 e. The Morgan fingerprint density at radius 3 is 2.36 bits per heavy atom. The van der Waals surface area contributed by atoms with E-state index < -0.39 is 74.3 Å². The first-order valence-electron chi connectivity index (χ1n) is 12.0. The summed E-state index contributed by atoms with van der Waals surface area (Å²) in [6, 6.07) is 9.84. The van der Waals surface area contributed by atoms with Crippen LogP contribution >= 0.6 is 0 Å². The zero-order chi connectivity index (χ0) is 28.3. The molecule has 2 saturated heterocycles. The van der Waals surface area contributed by atoms with Crippen molar-refractivity contribution in [3.8, 4) is 17.2 Å². The van der Waals surface area contributed by atoms with Gasteiger partial charge in [0.15, 0.2) is 18.2 Å². The molecule has 8 N–H and O–H groups in total. The molecule has 7 unspecified atom stereocenters. The number of carbonyl (C=O) groups is 1. The first-order chi connectivity index (χ1) is 18.6. The molecule has 0 aliphatic carbocycles. The quantitative estimate of drug-likeness (QED) is 0.134. The summed E-state index contributed by atoms with van der Waals surface area (Å²) in [4.78, 5) is 12.4. The van der Waals surface area contributed by atoms with Gasteiger partial charge in [-0.3, -0.25) is 4.79 Å². The van der Waals surface area contributed by atoms with E-state index in [1.54, 1.807) is 12.1 Å². The Morgan fingerprint density at radius 2 is 1.74 bits per heavy atom. The predicted molar refractivity (Wildman–Crippen MR) is 131 cm³/mol. The summed E-state index contributed by atoms with van der Waals surface area (Å²) in [7, 11) is 0. The zero-order valence-corrected chi connectivity index (χ0v) is 20.5. The van der Waals surface area contributed by atoms with Crippen molar-refractivity contribution < 1.29 is 64.6 Å². The third-order valence-corrected chi connectivity index (χ3v) is 6.50. The molecule has 0 saturated carbocycles. The number of hydrogen-bond acceptors (Lipinski definition) is 13. The monoisotopic (exact) mass is 550 g/mol. The van der Waals surface area contributed by atoms with Gasteiger partial charge in [0.25, 0.3) is 0 Å². The van der Waals surface area contributed by atoms with E-state index >= 15 is 0 Å². The fraction of sp³-hybridized carbons (Fsp3) is 0.423. The molecule has 13 heteroatoms. The van der Waals surface area contributed by atoms with Crippen LogP contribution in [0.5, 0.6) is 17.2 Å². The number of ether oxygens (including phenoxy) is 4. The minimum absolute atomic E-state index is 0.0115. The van der Waals surface area contributed by atoms with Gasteiger partial charge in [-0.1, -0.05) is 18.2 Å². The van der Waals surface area contributed by atoms with E-state index in [0.29, 0.717) is 5.56 Å². The Labute approximate surface area is 222 Å². The van der Waals surface area contributed by atoms with Crippen LogP contribution < -0.4 is 4.74 Å². The van der Waals surface area contributed by atoms with Crippen LogP contribution in [0, 0.1) is 0 Å². The molecular formula is C26H30O13. The molecule has 2 heterocycles. The van der Waals surface area contributed by atoms with Gasteiger partial charge in [0.2, 0.25) is 6.29 Å². The average molecular weight is 551 g/mol. The second-order valence-electron chi connectivity index (χ2n) is 9.28. The fourth-order valence-electron chi connectivity index (χ4n) is 4.14. The lowest BCUT2D eigenvalue weighted by atomic mass is 9.98. The van der Waals surface area contributed by atoms with E-state index in [4.69, 9.17) is 18.9 Å². The summed E-state index contributed by atoms with van der Waals surface area (Å²) in [6.07, 6.45) is -7.74. The number of aromatic hydroxyl groups is 2. The highest BCUT2D eigenvalue weighted by Gasteiger charge is 2.53. The van der Waals surface area contributed by atoms with Gasteiger partial charge in [0.1, 0.15) is 47.3 Å². The van der Waals surface area contributed by atoms with E-state index in [0.717, 1.165) is 6.07 Å². The van der Waals surface area contributed by atoms with Crippen molar-refractivity contribution in [2.75, 3.05) is 19.8 Å². The summed E-state index contributed by atoms with van der Waals surface area (Å²) >= 11 is 0. The minimum atomic E-state index is -1.99. The van der Waals surface area contributed by atoms with Crippen LogP contribution in [0.1, 0.15) is 15.9 Å². The topological polar surface area (TPSA) is 216 Å². The van der Waals surface area contributed by atoms with E-state index in [2.05, 4.69) is 0 Å². The van der Waals surface area contributed by atoms with E-state index in [1.807, 2.05) is 0 Å². The first-order valence-corrected chi connectivity index (χ1v) is 12.0. The van der Waals surface area contributed by atoms with Crippen molar-refractivity contribution in [1.82, 2.24) is 0 Å². The molecule has 2 fully saturated rings. The Morgan fingerprint density at radius 1 is 1.03 bits per heavy atom. The highest BCUT2D eigenvalue weighted by atomic mass is 16.8. The van der Waals surface area contributed by atoms with Gasteiger partial charge in [-0.05, 0) is 35.9 Å². The molecule has 8 atom stereocenters. The number of phenolic OH excluding ortho intramolecular Hbond substituents is 2. The number of aliphatic hydroxyl groups is 6. The van der Waals surface area contributed by atoms with Gasteiger partial charge in [0, 0.05) is 6.07 Å². The molecule has 13 nitrogen and oxygen atoms in total. The van der Waals surface area contributed by atoms with Crippen LogP contribution in [0.4, 0.5) is 0 Å². The number of carbonyl (C=O) groups excluding carboxylic acids is 1. The molecule has 0 aromatic heterocycles. The zero-order valence-electron chi connectivity index (χ0n) is 20.5. The summed E-state index contributed by atoms with van der Waals surface area (Å²) in [5.41, 5.74) is -1.39. The largest absolute Gasteiger partial charge is 0.508 e. The van der Waals surface area contributed by atoms with Crippen LogP contribution in [-0.2, 0) is 14.2 Å². The highest BCUT2D eigenvalue weighted by molar-refractivity contribution is 6.08. The molecule has 0 spiro atoms. The van der Waals surface area contributed by atoms with E-state index in [9.17, 15) is 45.6 Å². The average Bonchev–Trinajstić information content (AvgIpc) is 3.21. The lowest BCUT2D eigenvalue weighted by molar-refractivity contribution is -0.318. The molecule has 0 amide bonds. The number of aliphatic hydroxyl groups excluding tert-OH is 5. The molecule has 4 rings (SSSR count). The fourth-order valence-corrected chi connectivity index (χ4v) is 4.14. The maximum atomic E-state index is 12.4. The van der Waals surface area contributed by atoms with Crippen LogP contribution in [0.2, 0.25) is 0 Å². The standard InChI is InChI=1S/C26H30O13/c27-10-19-20(32)21(33)22(39-25-23(34)26(35,11-28)12-36-25)24(38-19)37-15-5-1-13(2-6-15)3-8-17(30)16-7-4-14(29)9-18(16)31/h1-9,19-25,27-29,31-35H,10-12H2/t19?,20?,21?,22?,23?,24?,25?,26-/m1/s1. The Balaban J connectivity index is 1.46. The normalized spacial score (nSPS) is 32.9. The number of benzene rings is 2. The number of allylic oxidation sites excluding steroid dienone is 1. The summed E-state index contributed by atoms with van der Waals surface area (Å²) in [6.45, 7) is -1.91. The minimum Gasteiger partial charge on any atom is -0.508 e. The van der Waals surface area contributed by atoms with Crippen molar-refractivity contribution in [3.63, 3.8) is 0 Å². The highest BCUT2D eigenvalue weighted by Crippen LogP contribution is 2.32. The summed E-state index contributed by atoms with van der Waals surface area (Å²) in [5.74, 6) is -0.810. The molecule has 0 radical (unpaired) electrons. The van der Waals surface area contributed by atoms with Crippen molar-refractivity contribution >= 4 is 11.9 Å². The van der Waals surface area contributed by atoms with Crippen LogP contribution in [-0.4, -0.2) is 115 Å². The second-order valence-corrected chi connectivity index (χ2v) is 9.28. The van der Waals surface area contributed by atoms with Gasteiger partial charge in [-0.15, -0.1) is 0 Å². The lowest BCUT2D eigenvalue weighted by Crippen LogP contribution is -2.62. The van der Waals surface area contributed by atoms with Crippen LogP contribution in [0.3, 0.4) is 0 Å². The van der Waals surface area contributed by atoms with Crippen LogP contribution in [0.25, 0.3) is 6.08 Å². The van der Waals surface area contributed by atoms with Crippen LogP contribution in [0.15, 0.2) is 48.5 Å². The summed E-state index contributed by atoms with van der Waals surface area (Å²) < 4.78 is 22.2. The van der Waals surface area contributed by atoms with Crippen molar-refractivity contribution in [3.05, 3.63) is 59.7 Å². The number of rotatable bonds is 9. The molecule has 0 bridgehead atoms. The third kappa shape index (κ3) is 6.22. The van der Waals surface area contributed by atoms with Gasteiger partial charge in [-0.25, -0.2) is 0 Å². The predicted octanol–water partition coefficient (Wildman–Crippen LogP) is -1.36. The third-order valence-electron chi connectivity index (χ3n) is 6.50. The first kappa shape index (κ1) is 28.9. The smallest absolute Gasteiger partial charge is 0.229 e. The van der Waals surface area contributed by atoms with Gasteiger partial charge in [-0.2, -0.15) is 0 Å². The molecule has 2 aliphatic heterocycles. The molecule has 39 heavy (non-hydrogen) atoms. The Bertz CT molecular complexity index is 1170. The Kier molecular flexibility index (Phi) is 8.86. The molecular weight excluding hydrogens is 520 g/mol. The molecule has 212 valence electrons. The van der Waals surface area contributed by atoms with E-state index in [-0.39, 0.29) is 22.8 Å². The molecule has 2 aromatic rings. The number of ketones is 1. The second kappa shape index (κ2) is 12.0. The molecule has 2 aromatic carbocycles. The Hall–Kier alpha value is -3.11. The number of phenols is 2. The molecule has 2 aliphatic rings. The van der Waals surface area contributed by atoms with Crippen molar-refractivity contribution in [2.24, 2.45) is 0 Å². The van der Waals surface area contributed by atoms with Gasteiger partial charge < -0.3 is 59.8 Å². The number of hydrogen-bond donors (Lipinski definition) is 8. The van der Waals surface area contributed by atoms with E-state index in [1.165, 1.54) is 36.4 Å². The van der Waals surface area contributed by atoms with Crippen molar-refractivity contribution in [1.29, 1.82) is 0 Å². The van der Waals surface area contributed by atoms with Gasteiger partial charge in [0.05, 0.1) is 25.4 Å². The van der Waals surface area contributed by atoms with Crippen molar-refractivity contribution in [2.45, 2.75) is 48.7 Å². The maximum absolute atomic E-state index is 12.4. The lowest BCUT2D eigenvalue weighted by Gasteiger charge is -2.42. The SMILES string of the molecule is O=C(C=Cc1ccc(OC2OC(CO)C(O)C(O)C2OC2OC[C@](O)(CO)C2O)cc1)c1ccc(O)cc1O.